The number of hydrogen-bond donors (Lipinski definition) is 0. The molecule has 0 aliphatic heterocycles. The molecule has 12 heavy (non-hydrogen) atoms. The fourth-order valence-corrected chi connectivity index (χ4v) is 1.36. The number of halogens is 1. The Bertz CT molecular complexity index is 155. The molecule has 3 heteroatoms. The average Bonchev–Trinajstić information content (AvgIpc) is 2.02. The molecule has 0 aromatic rings. The van der Waals surface area contributed by atoms with Crippen molar-refractivity contribution >= 4 is 21.9 Å². The molecule has 0 aliphatic carbocycles. The molecule has 2 nitrogen and oxygen atoms in total. The van der Waals surface area contributed by atoms with E-state index in [9.17, 15) is 4.79 Å². The van der Waals surface area contributed by atoms with Crippen LogP contribution in [0.3, 0.4) is 0 Å². The van der Waals surface area contributed by atoms with Crippen molar-refractivity contribution in [1.82, 2.24) is 0 Å². The highest BCUT2D eigenvalue weighted by molar-refractivity contribution is 9.09. The predicted octanol–water partition coefficient (Wildman–Crippen LogP) is 2.67. The molecule has 1 unspecified atom stereocenters. The number of carbonyl (C=O) groups excluding carboxylic acids is 1. The summed E-state index contributed by atoms with van der Waals surface area (Å²) >= 11 is 3.42. The maximum Gasteiger partial charge on any atom is 0.330 e. The molecule has 0 aromatic heterocycles. The fourth-order valence-electron chi connectivity index (χ4n) is 0.745. The molecule has 0 saturated carbocycles. The fraction of sp³-hybridized carbons (Fsp3) is 0.667. The Morgan fingerprint density at radius 3 is 2.75 bits per heavy atom. The molecule has 0 saturated heterocycles. The Kier molecular flexibility index (Phi) is 7.16. The van der Waals surface area contributed by atoms with Gasteiger partial charge in [0.2, 0.25) is 0 Å². The van der Waals surface area contributed by atoms with Crippen LogP contribution < -0.4 is 0 Å². The van der Waals surface area contributed by atoms with Gasteiger partial charge in [-0.2, -0.15) is 0 Å². The lowest BCUT2D eigenvalue weighted by Crippen LogP contribution is -2.00. The summed E-state index contributed by atoms with van der Waals surface area (Å²) in [7, 11) is 0. The zero-order chi connectivity index (χ0) is 9.40. The third-order valence-corrected chi connectivity index (χ3v) is 2.06. The van der Waals surface area contributed by atoms with Gasteiger partial charge in [-0.15, -0.1) is 0 Å². The number of carbonyl (C=O) groups is 1. The number of esters is 1. The minimum absolute atomic E-state index is 0.266. The normalized spacial score (nSPS) is 13.2. The summed E-state index contributed by atoms with van der Waals surface area (Å²) in [6, 6.07) is 0. The topological polar surface area (TPSA) is 26.3 Å². The van der Waals surface area contributed by atoms with Crippen LogP contribution in [0.15, 0.2) is 12.2 Å². The largest absolute Gasteiger partial charge is 0.463 e. The van der Waals surface area contributed by atoms with E-state index in [2.05, 4.69) is 22.9 Å². The Morgan fingerprint density at radius 1 is 1.58 bits per heavy atom. The van der Waals surface area contributed by atoms with Crippen molar-refractivity contribution in [3.63, 3.8) is 0 Å². The van der Waals surface area contributed by atoms with Gasteiger partial charge in [0, 0.05) is 10.9 Å². The molecule has 0 aliphatic rings. The van der Waals surface area contributed by atoms with E-state index in [-0.39, 0.29) is 10.8 Å². The van der Waals surface area contributed by atoms with Crippen LogP contribution in [0, 0.1) is 0 Å². The molecule has 0 fully saturated rings. The highest BCUT2D eigenvalue weighted by Crippen LogP contribution is 2.08. The van der Waals surface area contributed by atoms with E-state index in [0.717, 1.165) is 12.8 Å². The second-order valence-electron chi connectivity index (χ2n) is 2.42. The zero-order valence-corrected chi connectivity index (χ0v) is 9.13. The predicted molar refractivity (Wildman–Crippen MR) is 53.4 cm³/mol. The monoisotopic (exact) mass is 234 g/mol. The summed E-state index contributed by atoms with van der Waals surface area (Å²) in [5.41, 5.74) is 0. The van der Waals surface area contributed by atoms with Gasteiger partial charge in [0.25, 0.3) is 0 Å². The Labute approximate surface area is 82.1 Å². The molecule has 1 atom stereocenters. The lowest BCUT2D eigenvalue weighted by atomic mass is 10.2. The van der Waals surface area contributed by atoms with Crippen LogP contribution in [0.2, 0.25) is 0 Å². The number of ether oxygens (including phenoxy) is 1. The summed E-state index contributed by atoms with van der Waals surface area (Å²) < 4.78 is 4.72. The van der Waals surface area contributed by atoms with Crippen LogP contribution in [0.25, 0.3) is 0 Å². The molecular formula is C9H15BrO2. The van der Waals surface area contributed by atoms with Gasteiger partial charge in [-0.1, -0.05) is 35.4 Å². The van der Waals surface area contributed by atoms with Gasteiger partial charge < -0.3 is 4.74 Å². The van der Waals surface area contributed by atoms with Crippen LogP contribution in [0.4, 0.5) is 0 Å². The van der Waals surface area contributed by atoms with Crippen molar-refractivity contribution in [2.45, 2.75) is 31.5 Å². The third-order valence-electron chi connectivity index (χ3n) is 1.29. The van der Waals surface area contributed by atoms with Crippen LogP contribution in [-0.4, -0.2) is 17.4 Å². The van der Waals surface area contributed by atoms with Crippen molar-refractivity contribution in [2.24, 2.45) is 0 Å². The SMILES string of the molecule is CCCC(Br)C=CC(=O)OCC. The number of hydrogen-bond acceptors (Lipinski definition) is 2. The molecule has 0 spiro atoms. The van der Waals surface area contributed by atoms with Crippen LogP contribution in [-0.2, 0) is 9.53 Å². The van der Waals surface area contributed by atoms with E-state index in [4.69, 9.17) is 4.74 Å². The first-order valence-corrected chi connectivity index (χ1v) is 5.11. The highest BCUT2D eigenvalue weighted by Gasteiger charge is 1.98. The molecule has 0 bridgehead atoms. The minimum atomic E-state index is -0.266. The van der Waals surface area contributed by atoms with Gasteiger partial charge in [-0.3, -0.25) is 0 Å². The van der Waals surface area contributed by atoms with Gasteiger partial charge in [-0.25, -0.2) is 4.79 Å². The van der Waals surface area contributed by atoms with Gasteiger partial charge >= 0.3 is 5.97 Å². The Balaban J connectivity index is 3.65. The van der Waals surface area contributed by atoms with Crippen molar-refractivity contribution in [3.8, 4) is 0 Å². The third kappa shape index (κ3) is 6.40. The summed E-state index contributed by atoms with van der Waals surface area (Å²) in [4.78, 5) is 11.1. The molecular weight excluding hydrogens is 220 g/mol. The van der Waals surface area contributed by atoms with E-state index < -0.39 is 0 Å². The van der Waals surface area contributed by atoms with Crippen LogP contribution >= 0.6 is 15.9 Å². The van der Waals surface area contributed by atoms with Gasteiger partial charge in [0.1, 0.15) is 0 Å². The Morgan fingerprint density at radius 2 is 2.25 bits per heavy atom. The summed E-state index contributed by atoms with van der Waals surface area (Å²) in [6.07, 6.45) is 5.43. The van der Waals surface area contributed by atoms with E-state index in [1.165, 1.54) is 6.08 Å². The maximum atomic E-state index is 10.8. The molecule has 70 valence electrons. The number of alkyl halides is 1. The smallest absolute Gasteiger partial charge is 0.330 e. The standard InChI is InChI=1S/C9H15BrO2/c1-3-5-8(10)6-7-9(11)12-4-2/h6-8H,3-5H2,1-2H3. The molecule has 0 N–H and O–H groups in total. The van der Waals surface area contributed by atoms with Crippen molar-refractivity contribution in [3.05, 3.63) is 12.2 Å². The minimum Gasteiger partial charge on any atom is -0.463 e. The quantitative estimate of drug-likeness (QED) is 0.416. The van der Waals surface area contributed by atoms with Crippen LogP contribution in [0.5, 0.6) is 0 Å². The molecule has 0 radical (unpaired) electrons. The maximum absolute atomic E-state index is 10.8. The summed E-state index contributed by atoms with van der Waals surface area (Å²) in [5.74, 6) is -0.266. The second kappa shape index (κ2) is 7.35. The van der Waals surface area contributed by atoms with E-state index >= 15 is 0 Å². The van der Waals surface area contributed by atoms with Crippen molar-refractivity contribution in [1.29, 1.82) is 0 Å². The lowest BCUT2D eigenvalue weighted by molar-refractivity contribution is -0.137. The van der Waals surface area contributed by atoms with E-state index in [1.807, 2.05) is 6.08 Å². The molecule has 0 aromatic carbocycles. The first kappa shape index (κ1) is 11.7. The second-order valence-corrected chi connectivity index (χ2v) is 3.59. The number of rotatable bonds is 5. The zero-order valence-electron chi connectivity index (χ0n) is 7.55. The first-order chi connectivity index (χ1) is 5.70. The lowest BCUT2D eigenvalue weighted by Gasteiger charge is -2.00. The van der Waals surface area contributed by atoms with Crippen LogP contribution in [0.1, 0.15) is 26.7 Å². The molecule has 0 rings (SSSR count). The molecule has 0 heterocycles. The van der Waals surface area contributed by atoms with Gasteiger partial charge in [0.15, 0.2) is 0 Å². The van der Waals surface area contributed by atoms with E-state index in [1.54, 1.807) is 6.92 Å². The van der Waals surface area contributed by atoms with E-state index in [0.29, 0.717) is 6.61 Å². The van der Waals surface area contributed by atoms with Crippen molar-refractivity contribution < 1.29 is 9.53 Å². The van der Waals surface area contributed by atoms with Gasteiger partial charge in [-0.05, 0) is 13.3 Å². The van der Waals surface area contributed by atoms with Crippen molar-refractivity contribution in [2.75, 3.05) is 6.61 Å². The van der Waals surface area contributed by atoms with Gasteiger partial charge in [0.05, 0.1) is 6.61 Å². The average molecular weight is 235 g/mol. The summed E-state index contributed by atoms with van der Waals surface area (Å²) in [6.45, 7) is 4.33. The molecule has 0 amide bonds. The Hall–Kier alpha value is -0.310. The number of allylic oxidation sites excluding steroid dienone is 1. The first-order valence-electron chi connectivity index (χ1n) is 4.19. The summed E-state index contributed by atoms with van der Waals surface area (Å²) in [5, 5.41) is 0. The highest BCUT2D eigenvalue weighted by atomic mass is 79.9.